The number of thiocarbonyl (C=S) groups is 2. The Morgan fingerprint density at radius 3 is 2.12 bits per heavy atom. The molecule has 0 radical (unpaired) electrons. The maximum atomic E-state index is 11.1. The first-order chi connectivity index (χ1) is 11.3. The second kappa shape index (κ2) is 9.22. The molecule has 0 saturated heterocycles. The maximum Gasteiger partial charge on any atom is 0.294 e. The Labute approximate surface area is 150 Å². The number of hydrazone groups is 2. The molecule has 0 spiro atoms. The zero-order valence-electron chi connectivity index (χ0n) is 12.8. The highest BCUT2D eigenvalue weighted by Gasteiger charge is 2.10. The first-order valence-corrected chi connectivity index (χ1v) is 8.67. The number of rotatable bonds is 5. The summed E-state index contributed by atoms with van der Waals surface area (Å²) < 4.78 is 31.2. The minimum Gasteiger partial charge on any atom is -0.364 e. The summed E-state index contributed by atoms with van der Waals surface area (Å²) in [5, 5.41) is 14.0. The van der Waals surface area contributed by atoms with Crippen LogP contribution in [0.1, 0.15) is 5.56 Å². The van der Waals surface area contributed by atoms with Gasteiger partial charge in [-0.1, -0.05) is 12.1 Å². The summed E-state index contributed by atoms with van der Waals surface area (Å²) in [4.78, 5) is -0.226. The second-order valence-corrected chi connectivity index (χ2v) is 6.37. The lowest BCUT2D eigenvalue weighted by molar-refractivity contribution is 0.483. The van der Waals surface area contributed by atoms with Crippen molar-refractivity contribution in [1.29, 1.82) is 0 Å². The van der Waals surface area contributed by atoms with Gasteiger partial charge in [0, 0.05) is 19.7 Å². The fourth-order valence-electron chi connectivity index (χ4n) is 1.34. The smallest absolute Gasteiger partial charge is 0.294 e. The molecule has 0 saturated carbocycles. The molecule has 12 heteroatoms. The van der Waals surface area contributed by atoms with Crippen molar-refractivity contribution in [2.75, 3.05) is 14.1 Å². The van der Waals surface area contributed by atoms with Gasteiger partial charge in [0.15, 0.2) is 10.2 Å². The van der Waals surface area contributed by atoms with Crippen molar-refractivity contribution in [3.05, 3.63) is 29.8 Å². The van der Waals surface area contributed by atoms with Gasteiger partial charge in [-0.2, -0.15) is 18.6 Å². The van der Waals surface area contributed by atoms with Crippen molar-refractivity contribution in [3.63, 3.8) is 0 Å². The van der Waals surface area contributed by atoms with Crippen LogP contribution in [-0.4, -0.2) is 49.2 Å². The van der Waals surface area contributed by atoms with E-state index in [1.54, 1.807) is 14.1 Å². The standard InChI is InChI=1S/C12H16N6O3S3/c1-13-11(22)17-15-7-10(16-18-12(23)14-2)8-3-5-9(6-4-8)24(19,20)21/h3-7H,1-2H3,(H2,13,17,22)(H2,14,18,23)(H,19,20,21). The van der Waals surface area contributed by atoms with Crippen LogP contribution >= 0.6 is 24.4 Å². The van der Waals surface area contributed by atoms with E-state index in [9.17, 15) is 8.42 Å². The Hall–Kier alpha value is -2.15. The molecule has 130 valence electrons. The summed E-state index contributed by atoms with van der Waals surface area (Å²) in [5.74, 6) is 0. The molecule has 24 heavy (non-hydrogen) atoms. The van der Waals surface area contributed by atoms with Crippen molar-refractivity contribution in [1.82, 2.24) is 21.5 Å². The third-order valence-electron chi connectivity index (χ3n) is 2.53. The van der Waals surface area contributed by atoms with Gasteiger partial charge in [0.05, 0.1) is 11.1 Å². The molecular formula is C12H16N6O3S3. The molecule has 0 aliphatic carbocycles. The fraction of sp³-hybridized carbons (Fsp3) is 0.167. The zero-order valence-corrected chi connectivity index (χ0v) is 15.2. The zero-order chi connectivity index (χ0) is 18.2. The van der Waals surface area contributed by atoms with Crippen LogP contribution in [0, 0.1) is 0 Å². The van der Waals surface area contributed by atoms with Crippen LogP contribution in [0.15, 0.2) is 39.4 Å². The highest BCUT2D eigenvalue weighted by Crippen LogP contribution is 2.10. The monoisotopic (exact) mass is 388 g/mol. The minimum absolute atomic E-state index is 0.226. The summed E-state index contributed by atoms with van der Waals surface area (Å²) >= 11 is 9.82. The van der Waals surface area contributed by atoms with Crippen LogP contribution in [0.2, 0.25) is 0 Å². The molecule has 0 atom stereocenters. The first kappa shape index (κ1) is 19.9. The summed E-state index contributed by atoms with van der Waals surface area (Å²) in [5.41, 5.74) is 6.05. The Kier molecular flexibility index (Phi) is 7.64. The third kappa shape index (κ3) is 6.54. The lowest BCUT2D eigenvalue weighted by Crippen LogP contribution is -2.30. The number of hydrogen-bond acceptors (Lipinski definition) is 6. The van der Waals surface area contributed by atoms with Gasteiger partial charge in [-0.3, -0.25) is 15.4 Å². The molecule has 9 nitrogen and oxygen atoms in total. The molecule has 0 aliphatic heterocycles. The Morgan fingerprint density at radius 2 is 1.62 bits per heavy atom. The topological polar surface area (TPSA) is 127 Å². The summed E-state index contributed by atoms with van der Waals surface area (Å²) in [6.07, 6.45) is 1.37. The van der Waals surface area contributed by atoms with Gasteiger partial charge in [-0.25, -0.2) is 0 Å². The van der Waals surface area contributed by atoms with E-state index in [1.807, 2.05) is 0 Å². The lowest BCUT2D eigenvalue weighted by Gasteiger charge is -2.06. The molecule has 0 aromatic heterocycles. The van der Waals surface area contributed by atoms with E-state index in [0.717, 1.165) is 0 Å². The van der Waals surface area contributed by atoms with Crippen molar-refractivity contribution in [3.8, 4) is 0 Å². The Balaban J connectivity index is 3.07. The molecule has 1 rings (SSSR count). The second-order valence-electron chi connectivity index (χ2n) is 4.14. The molecular weight excluding hydrogens is 372 g/mol. The summed E-state index contributed by atoms with van der Waals surface area (Å²) in [6.45, 7) is 0. The largest absolute Gasteiger partial charge is 0.364 e. The quantitative estimate of drug-likeness (QED) is 0.202. The maximum absolute atomic E-state index is 11.1. The minimum atomic E-state index is -4.26. The fourth-order valence-corrected chi connectivity index (χ4v) is 1.92. The predicted molar refractivity (Wildman–Crippen MR) is 101 cm³/mol. The van der Waals surface area contributed by atoms with E-state index in [1.165, 1.54) is 30.5 Å². The lowest BCUT2D eigenvalue weighted by atomic mass is 10.1. The number of benzene rings is 1. The molecule has 1 aromatic rings. The summed E-state index contributed by atoms with van der Waals surface area (Å²) in [7, 11) is -0.993. The molecule has 0 heterocycles. The van der Waals surface area contributed by atoms with Crippen molar-refractivity contribution in [2.45, 2.75) is 4.90 Å². The first-order valence-electron chi connectivity index (χ1n) is 6.42. The average molecular weight is 389 g/mol. The molecule has 0 amide bonds. The summed E-state index contributed by atoms with van der Waals surface area (Å²) in [6, 6.07) is 5.43. The highest BCUT2D eigenvalue weighted by molar-refractivity contribution is 7.85. The normalized spacial score (nSPS) is 11.9. The van der Waals surface area contributed by atoms with Gasteiger partial charge in [0.2, 0.25) is 0 Å². The van der Waals surface area contributed by atoms with E-state index >= 15 is 0 Å². The SMILES string of the molecule is CNC(=S)NN=CC(=NNC(=S)NC)c1ccc(S(=O)(=O)O)cc1. The highest BCUT2D eigenvalue weighted by atomic mass is 32.2. The number of nitrogens with one attached hydrogen (secondary N) is 4. The van der Waals surface area contributed by atoms with Crippen LogP contribution in [-0.2, 0) is 10.1 Å². The van der Waals surface area contributed by atoms with E-state index in [-0.39, 0.29) is 10.0 Å². The van der Waals surface area contributed by atoms with E-state index in [0.29, 0.717) is 16.4 Å². The van der Waals surface area contributed by atoms with Crippen molar-refractivity contribution in [2.24, 2.45) is 10.2 Å². The van der Waals surface area contributed by atoms with Crippen molar-refractivity contribution < 1.29 is 13.0 Å². The van der Waals surface area contributed by atoms with Gasteiger partial charge in [0.1, 0.15) is 5.71 Å². The molecule has 0 unspecified atom stereocenters. The molecule has 0 aliphatic rings. The van der Waals surface area contributed by atoms with E-state index < -0.39 is 10.1 Å². The number of hydrogen-bond donors (Lipinski definition) is 5. The van der Waals surface area contributed by atoms with Crippen LogP contribution in [0.4, 0.5) is 0 Å². The van der Waals surface area contributed by atoms with Gasteiger partial charge in [-0.05, 0) is 36.6 Å². The van der Waals surface area contributed by atoms with Crippen molar-refractivity contribution >= 4 is 56.7 Å². The van der Waals surface area contributed by atoms with Gasteiger partial charge in [0.25, 0.3) is 10.1 Å². The molecule has 5 N–H and O–H groups in total. The van der Waals surface area contributed by atoms with Crippen LogP contribution < -0.4 is 21.5 Å². The van der Waals surface area contributed by atoms with Gasteiger partial charge in [-0.15, -0.1) is 0 Å². The third-order valence-corrected chi connectivity index (χ3v) is 3.99. The number of nitrogens with zero attached hydrogens (tertiary/aromatic N) is 2. The Morgan fingerprint density at radius 1 is 1.08 bits per heavy atom. The van der Waals surface area contributed by atoms with Gasteiger partial charge < -0.3 is 10.6 Å². The van der Waals surface area contributed by atoms with Gasteiger partial charge >= 0.3 is 0 Å². The van der Waals surface area contributed by atoms with Crippen LogP contribution in [0.3, 0.4) is 0 Å². The molecule has 0 bridgehead atoms. The molecule has 1 aromatic carbocycles. The van der Waals surface area contributed by atoms with Crippen LogP contribution in [0.5, 0.6) is 0 Å². The van der Waals surface area contributed by atoms with Crippen LogP contribution in [0.25, 0.3) is 0 Å². The van der Waals surface area contributed by atoms with E-state index in [4.69, 9.17) is 29.0 Å². The average Bonchev–Trinajstić information content (AvgIpc) is 2.56. The molecule has 0 fully saturated rings. The predicted octanol–water partition coefficient (Wildman–Crippen LogP) is -0.189. The van der Waals surface area contributed by atoms with E-state index in [2.05, 4.69) is 31.7 Å². The Bertz CT molecular complexity index is 759.